The van der Waals surface area contributed by atoms with Gasteiger partial charge in [0.15, 0.2) is 0 Å². The lowest BCUT2D eigenvalue weighted by atomic mass is 9.57. The van der Waals surface area contributed by atoms with Crippen LogP contribution >= 0.6 is 0 Å². The number of rotatable bonds is 1. The van der Waals surface area contributed by atoms with Gasteiger partial charge < -0.3 is 10.0 Å². The SMILES string of the molecule is CN1CCCC(O)(C2(C#N)CCC2)CC1. The summed E-state index contributed by atoms with van der Waals surface area (Å²) in [6, 6.07) is 2.40. The van der Waals surface area contributed by atoms with Gasteiger partial charge in [-0.1, -0.05) is 6.42 Å². The van der Waals surface area contributed by atoms with Crippen molar-refractivity contribution >= 4 is 0 Å². The van der Waals surface area contributed by atoms with E-state index in [0.717, 1.165) is 51.6 Å². The first-order chi connectivity index (χ1) is 7.12. The van der Waals surface area contributed by atoms with Crippen LogP contribution in [0.1, 0.15) is 38.5 Å². The molecule has 0 aromatic heterocycles. The Hall–Kier alpha value is -0.590. The van der Waals surface area contributed by atoms with Gasteiger partial charge in [-0.05, 0) is 45.7 Å². The Bertz CT molecular complexity index is 280. The van der Waals surface area contributed by atoms with Crippen LogP contribution in [0, 0.1) is 16.7 Å². The van der Waals surface area contributed by atoms with Crippen LogP contribution in [0.3, 0.4) is 0 Å². The minimum absolute atomic E-state index is 0.418. The van der Waals surface area contributed by atoms with Gasteiger partial charge in [-0.15, -0.1) is 0 Å². The van der Waals surface area contributed by atoms with Gasteiger partial charge in [0, 0.05) is 6.54 Å². The van der Waals surface area contributed by atoms with Gasteiger partial charge in [-0.25, -0.2) is 0 Å². The molecule has 2 rings (SSSR count). The molecule has 15 heavy (non-hydrogen) atoms. The number of likely N-dealkylation sites (tertiary alicyclic amines) is 1. The van der Waals surface area contributed by atoms with Crippen molar-refractivity contribution in [3.63, 3.8) is 0 Å². The van der Waals surface area contributed by atoms with E-state index < -0.39 is 11.0 Å². The largest absolute Gasteiger partial charge is 0.388 e. The van der Waals surface area contributed by atoms with Crippen molar-refractivity contribution in [2.45, 2.75) is 44.1 Å². The van der Waals surface area contributed by atoms with Crippen LogP contribution in [0.4, 0.5) is 0 Å². The Kier molecular flexibility index (Phi) is 2.74. The van der Waals surface area contributed by atoms with Gasteiger partial charge in [0.1, 0.15) is 0 Å². The second-order valence-corrected chi connectivity index (χ2v) is 5.24. The second-order valence-electron chi connectivity index (χ2n) is 5.24. The maximum atomic E-state index is 10.7. The van der Waals surface area contributed by atoms with Gasteiger partial charge in [-0.3, -0.25) is 0 Å². The molecule has 1 saturated heterocycles. The molecule has 1 atom stereocenters. The molecular weight excluding hydrogens is 188 g/mol. The van der Waals surface area contributed by atoms with Crippen molar-refractivity contribution in [3.05, 3.63) is 0 Å². The van der Waals surface area contributed by atoms with E-state index in [2.05, 4.69) is 18.0 Å². The van der Waals surface area contributed by atoms with Crippen molar-refractivity contribution < 1.29 is 5.11 Å². The number of nitrogens with zero attached hydrogens (tertiary/aromatic N) is 2. The molecule has 84 valence electrons. The fraction of sp³-hybridized carbons (Fsp3) is 0.917. The minimum atomic E-state index is -0.717. The quantitative estimate of drug-likeness (QED) is 0.711. The molecule has 1 unspecified atom stereocenters. The fourth-order valence-electron chi connectivity index (χ4n) is 2.94. The average Bonchev–Trinajstić information content (AvgIpc) is 2.29. The summed E-state index contributed by atoms with van der Waals surface area (Å²) in [6.45, 7) is 1.96. The topological polar surface area (TPSA) is 47.3 Å². The Morgan fingerprint density at radius 1 is 1.13 bits per heavy atom. The molecular formula is C12H20N2O. The first-order valence-electron chi connectivity index (χ1n) is 5.94. The summed E-state index contributed by atoms with van der Waals surface area (Å²) in [7, 11) is 2.09. The van der Waals surface area contributed by atoms with E-state index in [1.807, 2.05) is 0 Å². The maximum absolute atomic E-state index is 10.7. The molecule has 0 aromatic rings. The van der Waals surface area contributed by atoms with E-state index in [1.54, 1.807) is 0 Å². The zero-order valence-electron chi connectivity index (χ0n) is 9.50. The molecule has 1 aliphatic heterocycles. The van der Waals surface area contributed by atoms with Crippen LogP contribution in [0.5, 0.6) is 0 Å². The molecule has 0 amide bonds. The van der Waals surface area contributed by atoms with Crippen molar-refractivity contribution in [3.8, 4) is 6.07 Å². The first kappa shape index (κ1) is 10.9. The highest BCUT2D eigenvalue weighted by molar-refractivity contribution is 5.16. The zero-order chi connectivity index (χ0) is 10.9. The predicted octanol–water partition coefficient (Wildman–Crippen LogP) is 1.53. The molecule has 1 heterocycles. The molecule has 2 aliphatic rings. The van der Waals surface area contributed by atoms with Gasteiger partial charge in [-0.2, -0.15) is 5.26 Å². The zero-order valence-corrected chi connectivity index (χ0v) is 9.50. The second kappa shape index (κ2) is 3.77. The molecule has 0 bridgehead atoms. The van der Waals surface area contributed by atoms with E-state index in [0.29, 0.717) is 0 Å². The lowest BCUT2D eigenvalue weighted by Gasteiger charge is -2.48. The number of nitriles is 1. The maximum Gasteiger partial charge on any atom is 0.0860 e. The monoisotopic (exact) mass is 208 g/mol. The highest BCUT2D eigenvalue weighted by Crippen LogP contribution is 2.52. The molecule has 1 N–H and O–H groups in total. The van der Waals surface area contributed by atoms with Gasteiger partial charge in [0.05, 0.1) is 17.1 Å². The highest BCUT2D eigenvalue weighted by atomic mass is 16.3. The average molecular weight is 208 g/mol. The van der Waals surface area contributed by atoms with E-state index in [1.165, 1.54) is 0 Å². The summed E-state index contributed by atoms with van der Waals surface area (Å²) in [5.41, 5.74) is -1.14. The van der Waals surface area contributed by atoms with Crippen LogP contribution in [0.2, 0.25) is 0 Å². The lowest BCUT2D eigenvalue weighted by Crippen LogP contribution is -2.52. The number of aliphatic hydroxyl groups is 1. The molecule has 1 saturated carbocycles. The van der Waals surface area contributed by atoms with Crippen molar-refractivity contribution in [2.75, 3.05) is 20.1 Å². The van der Waals surface area contributed by atoms with Gasteiger partial charge in [0.2, 0.25) is 0 Å². The van der Waals surface area contributed by atoms with E-state index in [9.17, 15) is 10.4 Å². The fourth-order valence-corrected chi connectivity index (χ4v) is 2.94. The van der Waals surface area contributed by atoms with Crippen LogP contribution in [-0.4, -0.2) is 35.7 Å². The third-order valence-electron chi connectivity index (χ3n) is 4.35. The third-order valence-corrected chi connectivity index (χ3v) is 4.35. The van der Waals surface area contributed by atoms with E-state index in [4.69, 9.17) is 0 Å². The van der Waals surface area contributed by atoms with Crippen LogP contribution in [0.25, 0.3) is 0 Å². The summed E-state index contributed by atoms with van der Waals surface area (Å²) >= 11 is 0. The third kappa shape index (κ3) is 1.66. The Morgan fingerprint density at radius 3 is 2.40 bits per heavy atom. The standard InChI is InChI=1S/C12H20N2O/c1-14-8-3-6-12(15,7-9-14)11(10-13)4-2-5-11/h15H,2-9H2,1H3. The van der Waals surface area contributed by atoms with E-state index in [-0.39, 0.29) is 0 Å². The number of hydrogen-bond donors (Lipinski definition) is 1. The normalized spacial score (nSPS) is 36.3. The summed E-state index contributed by atoms with van der Waals surface area (Å²) in [6.07, 6.45) is 5.46. The predicted molar refractivity (Wildman–Crippen MR) is 58.2 cm³/mol. The van der Waals surface area contributed by atoms with Gasteiger partial charge >= 0.3 is 0 Å². The molecule has 3 heteroatoms. The molecule has 3 nitrogen and oxygen atoms in total. The lowest BCUT2D eigenvalue weighted by molar-refractivity contribution is -0.102. The Balaban J connectivity index is 2.14. The summed E-state index contributed by atoms with van der Waals surface area (Å²) < 4.78 is 0. The molecule has 0 aromatic carbocycles. The van der Waals surface area contributed by atoms with Gasteiger partial charge in [0.25, 0.3) is 0 Å². The smallest absolute Gasteiger partial charge is 0.0860 e. The molecule has 0 spiro atoms. The Labute approximate surface area is 91.7 Å². The summed E-state index contributed by atoms with van der Waals surface area (Å²) in [4.78, 5) is 2.25. The van der Waals surface area contributed by atoms with E-state index >= 15 is 0 Å². The van der Waals surface area contributed by atoms with Crippen LogP contribution < -0.4 is 0 Å². The van der Waals surface area contributed by atoms with Crippen molar-refractivity contribution in [1.82, 2.24) is 4.90 Å². The summed E-state index contributed by atoms with van der Waals surface area (Å²) in [5.74, 6) is 0. The van der Waals surface area contributed by atoms with Crippen molar-refractivity contribution in [2.24, 2.45) is 5.41 Å². The first-order valence-corrected chi connectivity index (χ1v) is 5.94. The molecule has 2 fully saturated rings. The molecule has 1 aliphatic carbocycles. The van der Waals surface area contributed by atoms with Crippen molar-refractivity contribution in [1.29, 1.82) is 5.26 Å². The molecule has 0 radical (unpaired) electrons. The minimum Gasteiger partial charge on any atom is -0.388 e. The highest BCUT2D eigenvalue weighted by Gasteiger charge is 2.54. The van der Waals surface area contributed by atoms with Crippen LogP contribution in [0.15, 0.2) is 0 Å². The number of hydrogen-bond acceptors (Lipinski definition) is 3. The Morgan fingerprint density at radius 2 is 1.87 bits per heavy atom. The van der Waals surface area contributed by atoms with Crippen LogP contribution in [-0.2, 0) is 0 Å². The summed E-state index contributed by atoms with van der Waals surface area (Å²) in [5, 5.41) is 20.0.